The third kappa shape index (κ3) is 2.28. The van der Waals surface area contributed by atoms with E-state index in [1.54, 1.807) is 0 Å². The summed E-state index contributed by atoms with van der Waals surface area (Å²) in [5, 5.41) is 3.89. The molecule has 0 atom stereocenters. The van der Waals surface area contributed by atoms with E-state index >= 15 is 0 Å². The summed E-state index contributed by atoms with van der Waals surface area (Å²) in [5.41, 5.74) is 1.10. The van der Waals surface area contributed by atoms with Crippen LogP contribution in [0.15, 0.2) is 30.3 Å². The number of hydrogen-bond acceptors (Lipinski definition) is 3. The number of methoxy groups -OCH3 is 1. The highest BCUT2D eigenvalue weighted by Gasteiger charge is 2.51. The van der Waals surface area contributed by atoms with Gasteiger partial charge in [0.15, 0.2) is 0 Å². The van der Waals surface area contributed by atoms with Crippen LogP contribution in [0.1, 0.15) is 23.3 Å². The number of esters is 1. The van der Waals surface area contributed by atoms with Crippen molar-refractivity contribution in [2.45, 2.75) is 12.8 Å². The van der Waals surface area contributed by atoms with E-state index in [0.29, 0.717) is 12.2 Å². The van der Waals surface area contributed by atoms with Crippen molar-refractivity contribution in [3.8, 4) is 0 Å². The second kappa shape index (κ2) is 4.91. The lowest BCUT2D eigenvalue weighted by molar-refractivity contribution is -0.146. The fraction of sp³-hybridized carbons (Fsp3) is 0.375. The fourth-order valence-corrected chi connectivity index (χ4v) is 2.67. The van der Waals surface area contributed by atoms with Crippen LogP contribution >= 0.6 is 0 Å². The first kappa shape index (κ1) is 13.7. The number of nitrogens with zero attached hydrogens (tertiary/aromatic N) is 1. The Balaban J connectivity index is 1.76. The topological polar surface area (TPSA) is 60.3 Å². The van der Waals surface area contributed by atoms with Gasteiger partial charge in [0, 0.05) is 24.5 Å². The van der Waals surface area contributed by atoms with Crippen molar-refractivity contribution in [2.75, 3.05) is 13.7 Å². The van der Waals surface area contributed by atoms with Crippen LogP contribution < -0.4 is 5.32 Å². The summed E-state index contributed by atoms with van der Waals surface area (Å²) < 4.78 is 6.66. The van der Waals surface area contributed by atoms with Crippen LogP contribution in [0.5, 0.6) is 0 Å². The normalized spacial score (nSPS) is 15.7. The molecule has 1 amide bonds. The van der Waals surface area contributed by atoms with Crippen LogP contribution in [0.2, 0.25) is 0 Å². The fourth-order valence-electron chi connectivity index (χ4n) is 2.67. The monoisotopic (exact) mass is 286 g/mol. The molecule has 21 heavy (non-hydrogen) atoms. The summed E-state index contributed by atoms with van der Waals surface area (Å²) in [5.74, 6) is -0.399. The van der Waals surface area contributed by atoms with Gasteiger partial charge in [0.05, 0.1) is 12.5 Å². The van der Waals surface area contributed by atoms with Crippen LogP contribution in [0, 0.1) is 5.41 Å². The summed E-state index contributed by atoms with van der Waals surface area (Å²) in [6.45, 7) is 0.333. The molecule has 1 aromatic carbocycles. The lowest BCUT2D eigenvalue weighted by atomic mass is 10.1. The number of fused-ring (bicyclic) bond motifs is 1. The molecule has 110 valence electrons. The zero-order chi connectivity index (χ0) is 15.0. The lowest BCUT2D eigenvalue weighted by Crippen LogP contribution is -2.35. The molecule has 1 heterocycles. The Morgan fingerprint density at radius 1 is 1.33 bits per heavy atom. The van der Waals surface area contributed by atoms with Gasteiger partial charge < -0.3 is 14.6 Å². The maximum atomic E-state index is 12.3. The van der Waals surface area contributed by atoms with E-state index in [4.69, 9.17) is 4.74 Å². The van der Waals surface area contributed by atoms with Gasteiger partial charge in [-0.3, -0.25) is 9.59 Å². The molecule has 1 fully saturated rings. The van der Waals surface area contributed by atoms with Crippen molar-refractivity contribution >= 4 is 22.8 Å². The van der Waals surface area contributed by atoms with Gasteiger partial charge in [-0.05, 0) is 25.0 Å². The smallest absolute Gasteiger partial charge is 0.313 e. The van der Waals surface area contributed by atoms with Crippen LogP contribution in [0.4, 0.5) is 0 Å². The summed E-state index contributed by atoms with van der Waals surface area (Å²) in [6.07, 6.45) is 1.55. The van der Waals surface area contributed by atoms with Gasteiger partial charge in [0.2, 0.25) is 0 Å². The molecule has 1 saturated carbocycles. The van der Waals surface area contributed by atoms with Gasteiger partial charge in [0.1, 0.15) is 5.69 Å². The highest BCUT2D eigenvalue weighted by Crippen LogP contribution is 2.46. The zero-order valence-electron chi connectivity index (χ0n) is 12.2. The number of benzene rings is 1. The molecule has 0 bridgehead atoms. The number of hydrogen-bond donors (Lipinski definition) is 1. The molecular formula is C16H18N2O3. The number of nitrogens with one attached hydrogen (secondary N) is 1. The zero-order valence-corrected chi connectivity index (χ0v) is 12.2. The standard InChI is InChI=1S/C16H18N2O3/c1-18-12-6-4-3-5-11(12)9-13(18)14(19)17-10-16(7-8-16)15(20)21-2/h3-6,9H,7-8,10H2,1-2H3,(H,17,19). The summed E-state index contributed by atoms with van der Waals surface area (Å²) >= 11 is 0. The quantitative estimate of drug-likeness (QED) is 0.873. The van der Waals surface area contributed by atoms with E-state index in [-0.39, 0.29) is 11.9 Å². The molecule has 0 spiro atoms. The van der Waals surface area contributed by atoms with Crippen molar-refractivity contribution in [2.24, 2.45) is 12.5 Å². The molecule has 2 aromatic rings. The van der Waals surface area contributed by atoms with Crippen LogP contribution in [0.3, 0.4) is 0 Å². The molecule has 5 heteroatoms. The molecule has 1 aliphatic carbocycles. The van der Waals surface area contributed by atoms with Crippen molar-refractivity contribution in [3.63, 3.8) is 0 Å². The van der Waals surface area contributed by atoms with E-state index in [1.807, 2.05) is 41.9 Å². The lowest BCUT2D eigenvalue weighted by Gasteiger charge is -2.13. The van der Waals surface area contributed by atoms with Crippen molar-refractivity contribution < 1.29 is 14.3 Å². The Bertz CT molecular complexity index is 713. The number of carbonyl (C=O) groups excluding carboxylic acids is 2. The molecule has 3 rings (SSSR count). The SMILES string of the molecule is COC(=O)C1(CNC(=O)c2cc3ccccc3n2C)CC1. The Morgan fingerprint density at radius 2 is 2.05 bits per heavy atom. The number of rotatable bonds is 4. The summed E-state index contributed by atoms with van der Waals surface area (Å²) in [4.78, 5) is 24.0. The Labute approximate surface area is 122 Å². The minimum atomic E-state index is -0.505. The van der Waals surface area contributed by atoms with Crippen molar-refractivity contribution in [1.29, 1.82) is 0 Å². The van der Waals surface area contributed by atoms with E-state index in [0.717, 1.165) is 23.7 Å². The predicted molar refractivity (Wildman–Crippen MR) is 78.9 cm³/mol. The van der Waals surface area contributed by atoms with Gasteiger partial charge in [-0.15, -0.1) is 0 Å². The molecule has 0 aliphatic heterocycles. The Kier molecular flexibility index (Phi) is 3.20. The van der Waals surface area contributed by atoms with Crippen LogP contribution in [0.25, 0.3) is 10.9 Å². The second-order valence-corrected chi connectivity index (χ2v) is 5.60. The number of amides is 1. The van der Waals surface area contributed by atoms with Gasteiger partial charge >= 0.3 is 5.97 Å². The average Bonchev–Trinajstić information content (AvgIpc) is 3.23. The first-order chi connectivity index (χ1) is 10.1. The highest BCUT2D eigenvalue weighted by molar-refractivity contribution is 5.99. The molecule has 1 N–H and O–H groups in total. The maximum Gasteiger partial charge on any atom is 0.313 e. The average molecular weight is 286 g/mol. The molecule has 0 unspecified atom stereocenters. The van der Waals surface area contributed by atoms with E-state index < -0.39 is 5.41 Å². The number of carbonyl (C=O) groups is 2. The molecule has 1 aromatic heterocycles. The number of ether oxygens (including phenoxy) is 1. The second-order valence-electron chi connectivity index (χ2n) is 5.60. The third-order valence-electron chi connectivity index (χ3n) is 4.24. The Morgan fingerprint density at radius 3 is 2.67 bits per heavy atom. The van der Waals surface area contributed by atoms with E-state index in [1.165, 1.54) is 7.11 Å². The molecule has 0 saturated heterocycles. The number of aromatic nitrogens is 1. The molecule has 0 radical (unpaired) electrons. The number of para-hydroxylation sites is 1. The molecular weight excluding hydrogens is 268 g/mol. The first-order valence-corrected chi connectivity index (χ1v) is 6.98. The van der Waals surface area contributed by atoms with Gasteiger partial charge in [0.25, 0.3) is 5.91 Å². The van der Waals surface area contributed by atoms with E-state index in [9.17, 15) is 9.59 Å². The minimum Gasteiger partial charge on any atom is -0.469 e. The van der Waals surface area contributed by atoms with Crippen molar-refractivity contribution in [1.82, 2.24) is 9.88 Å². The summed E-state index contributed by atoms with van der Waals surface area (Å²) in [7, 11) is 3.25. The summed E-state index contributed by atoms with van der Waals surface area (Å²) in [6, 6.07) is 9.70. The molecule has 5 nitrogen and oxygen atoms in total. The van der Waals surface area contributed by atoms with Gasteiger partial charge in [-0.1, -0.05) is 18.2 Å². The van der Waals surface area contributed by atoms with Crippen molar-refractivity contribution in [3.05, 3.63) is 36.0 Å². The van der Waals surface area contributed by atoms with Crippen LogP contribution in [-0.4, -0.2) is 30.1 Å². The minimum absolute atomic E-state index is 0.163. The molecule has 1 aliphatic rings. The third-order valence-corrected chi connectivity index (χ3v) is 4.24. The van der Waals surface area contributed by atoms with E-state index in [2.05, 4.69) is 5.32 Å². The Hall–Kier alpha value is -2.30. The predicted octanol–water partition coefficient (Wildman–Crippen LogP) is 1.86. The maximum absolute atomic E-state index is 12.3. The van der Waals surface area contributed by atoms with Gasteiger partial charge in [-0.25, -0.2) is 0 Å². The van der Waals surface area contributed by atoms with Gasteiger partial charge in [-0.2, -0.15) is 0 Å². The first-order valence-electron chi connectivity index (χ1n) is 6.98. The highest BCUT2D eigenvalue weighted by atomic mass is 16.5. The van der Waals surface area contributed by atoms with Crippen LogP contribution in [-0.2, 0) is 16.6 Å². The number of aryl methyl sites for hydroxylation is 1. The largest absolute Gasteiger partial charge is 0.469 e.